The fraction of sp³-hybridized carbons (Fsp3) is 0.500. The van der Waals surface area contributed by atoms with Crippen molar-refractivity contribution in [1.82, 2.24) is 19.9 Å². The lowest BCUT2D eigenvalue weighted by atomic mass is 9.85. The highest BCUT2D eigenvalue weighted by Gasteiger charge is 2.21. The molecule has 0 fully saturated rings. The van der Waals surface area contributed by atoms with Crippen LogP contribution in [0.5, 0.6) is 0 Å². The van der Waals surface area contributed by atoms with Crippen LogP contribution in [-0.4, -0.2) is 51.3 Å². The standard InChI is InChI=1S/C23H33N7O2.C15H23ClFN/c1-23(2,3)19-13-16-14-30(22(32)29-20(16)28-19)17-7-5-15(6-8-17)18(9-12-31)26-10-4-11-27-21(24)25;1-10(18)6-5-7-11-8-12(15(2,3)4)14(17)13(16)9-11/h5-8,13-14,18,26,31H,4,9-12H2,1-3H3,(H4,24,25,27)(H,28,29,32);8-10H,5-7,18H2,1-4H3/t18-;10-/m10/s1. The number of hydrogen-bond donors (Lipinski definition) is 6. The Hall–Kier alpha value is -3.77. The van der Waals surface area contributed by atoms with Crippen molar-refractivity contribution in [3.63, 3.8) is 0 Å². The molecule has 2 heterocycles. The zero-order valence-corrected chi connectivity index (χ0v) is 31.4. The number of nitrogens with zero attached hydrogens (tertiary/aromatic N) is 3. The van der Waals surface area contributed by atoms with Gasteiger partial charge in [0.05, 0.1) is 10.7 Å². The largest absolute Gasteiger partial charge is 0.396 e. The number of aryl methyl sites for hydroxylation is 1. The first kappa shape index (κ1) is 40.7. The lowest BCUT2D eigenvalue weighted by molar-refractivity contribution is 0.265. The van der Waals surface area contributed by atoms with Crippen LogP contribution < -0.4 is 28.2 Å². The van der Waals surface area contributed by atoms with E-state index in [1.807, 2.05) is 70.3 Å². The van der Waals surface area contributed by atoms with Crippen LogP contribution in [0.4, 0.5) is 4.39 Å². The summed E-state index contributed by atoms with van der Waals surface area (Å²) in [6.07, 6.45) is 6.05. The number of aromatic amines is 1. The second kappa shape index (κ2) is 17.9. The van der Waals surface area contributed by atoms with Gasteiger partial charge < -0.3 is 32.6 Å². The summed E-state index contributed by atoms with van der Waals surface area (Å²) >= 11 is 5.97. The predicted molar refractivity (Wildman–Crippen MR) is 205 cm³/mol. The van der Waals surface area contributed by atoms with E-state index in [4.69, 9.17) is 28.8 Å². The number of H-pyrrole nitrogens is 1. The van der Waals surface area contributed by atoms with Gasteiger partial charge in [0.15, 0.2) is 5.96 Å². The van der Waals surface area contributed by atoms with Gasteiger partial charge in [0.2, 0.25) is 0 Å². The molecule has 274 valence electrons. The summed E-state index contributed by atoms with van der Waals surface area (Å²) in [5.41, 5.74) is 21.0. The number of aliphatic hydroxyl groups excluding tert-OH is 1. The zero-order chi connectivity index (χ0) is 37.2. The Kier molecular flexibility index (Phi) is 14.6. The van der Waals surface area contributed by atoms with Gasteiger partial charge in [-0.25, -0.2) is 9.18 Å². The minimum Gasteiger partial charge on any atom is -0.396 e. The van der Waals surface area contributed by atoms with E-state index < -0.39 is 0 Å². The minimum atomic E-state index is -0.336. The van der Waals surface area contributed by atoms with Crippen molar-refractivity contribution in [2.24, 2.45) is 22.2 Å². The monoisotopic (exact) mass is 710 g/mol. The van der Waals surface area contributed by atoms with E-state index in [9.17, 15) is 14.3 Å². The van der Waals surface area contributed by atoms with Gasteiger partial charge in [-0.2, -0.15) is 4.98 Å². The molecule has 2 aromatic carbocycles. The van der Waals surface area contributed by atoms with E-state index in [1.165, 1.54) is 0 Å². The lowest BCUT2D eigenvalue weighted by Gasteiger charge is -2.21. The Balaban J connectivity index is 0.000000319. The van der Waals surface area contributed by atoms with Gasteiger partial charge in [0, 0.05) is 47.9 Å². The number of benzene rings is 2. The topological polar surface area (TPSA) is 173 Å². The van der Waals surface area contributed by atoms with E-state index in [2.05, 4.69) is 41.0 Å². The van der Waals surface area contributed by atoms with Crippen molar-refractivity contribution in [2.75, 3.05) is 19.7 Å². The summed E-state index contributed by atoms with van der Waals surface area (Å²) in [6.45, 7) is 15.6. The summed E-state index contributed by atoms with van der Waals surface area (Å²) in [5.74, 6) is -0.204. The van der Waals surface area contributed by atoms with Gasteiger partial charge >= 0.3 is 5.69 Å². The van der Waals surface area contributed by atoms with Gasteiger partial charge in [-0.15, -0.1) is 0 Å². The number of guanidine groups is 1. The third-order valence-corrected chi connectivity index (χ3v) is 8.62. The van der Waals surface area contributed by atoms with Crippen molar-refractivity contribution in [1.29, 1.82) is 0 Å². The van der Waals surface area contributed by atoms with Crippen LogP contribution in [0.3, 0.4) is 0 Å². The van der Waals surface area contributed by atoms with Gasteiger partial charge in [0.1, 0.15) is 11.5 Å². The number of aliphatic imine (C=N–C) groups is 1. The van der Waals surface area contributed by atoms with Crippen molar-refractivity contribution in [3.8, 4) is 5.69 Å². The summed E-state index contributed by atoms with van der Waals surface area (Å²) in [4.78, 5) is 24.1. The Morgan fingerprint density at radius 1 is 1.06 bits per heavy atom. The number of nitrogens with two attached hydrogens (primary N) is 3. The molecule has 0 saturated carbocycles. The number of hydrogen-bond acceptors (Lipinski definition) is 6. The van der Waals surface area contributed by atoms with Crippen LogP contribution in [0.2, 0.25) is 5.02 Å². The van der Waals surface area contributed by atoms with Crippen LogP contribution in [0.15, 0.2) is 58.4 Å². The van der Waals surface area contributed by atoms with Crippen LogP contribution in [0, 0.1) is 5.82 Å². The maximum absolute atomic E-state index is 14.0. The summed E-state index contributed by atoms with van der Waals surface area (Å²) < 4.78 is 15.5. The van der Waals surface area contributed by atoms with Crippen molar-refractivity contribution < 1.29 is 9.50 Å². The molecule has 4 rings (SSSR count). The molecule has 2 atom stereocenters. The molecule has 0 aliphatic heterocycles. The van der Waals surface area contributed by atoms with Crippen LogP contribution in [0.1, 0.15) is 103 Å². The molecule has 4 aromatic rings. The highest BCUT2D eigenvalue weighted by Crippen LogP contribution is 2.31. The van der Waals surface area contributed by atoms with Crippen molar-refractivity contribution >= 4 is 28.6 Å². The van der Waals surface area contributed by atoms with E-state index in [0.29, 0.717) is 30.7 Å². The van der Waals surface area contributed by atoms with Gasteiger partial charge in [-0.3, -0.25) is 9.56 Å². The summed E-state index contributed by atoms with van der Waals surface area (Å²) in [5, 5.41) is 14.0. The molecular formula is C38H56ClFN8O2. The van der Waals surface area contributed by atoms with Crippen LogP contribution >= 0.6 is 11.6 Å². The second-order valence-electron chi connectivity index (χ2n) is 15.0. The fourth-order valence-corrected chi connectivity index (χ4v) is 5.74. The molecule has 0 unspecified atom stereocenters. The van der Waals surface area contributed by atoms with E-state index in [0.717, 1.165) is 53.6 Å². The van der Waals surface area contributed by atoms with Crippen LogP contribution in [-0.2, 0) is 17.3 Å². The van der Waals surface area contributed by atoms with Crippen LogP contribution in [0.25, 0.3) is 16.7 Å². The molecule has 0 aliphatic carbocycles. The number of rotatable bonds is 13. The highest BCUT2D eigenvalue weighted by molar-refractivity contribution is 6.30. The summed E-state index contributed by atoms with van der Waals surface area (Å²) in [7, 11) is 0. The molecular weight excluding hydrogens is 655 g/mol. The Labute approximate surface area is 300 Å². The highest BCUT2D eigenvalue weighted by atomic mass is 35.5. The number of aliphatic hydroxyl groups is 1. The first-order valence-electron chi connectivity index (χ1n) is 17.3. The minimum absolute atomic E-state index is 0.00963. The maximum Gasteiger partial charge on any atom is 0.354 e. The molecule has 0 bridgehead atoms. The van der Waals surface area contributed by atoms with E-state index in [-0.39, 0.29) is 52.0 Å². The molecule has 2 aromatic heterocycles. The molecule has 12 heteroatoms. The molecule has 50 heavy (non-hydrogen) atoms. The predicted octanol–water partition coefficient (Wildman–Crippen LogP) is 6.13. The van der Waals surface area contributed by atoms with Crippen molar-refractivity contribution in [3.05, 3.63) is 92.4 Å². The average Bonchev–Trinajstić information content (AvgIpc) is 3.45. The average molecular weight is 711 g/mol. The first-order chi connectivity index (χ1) is 23.4. The van der Waals surface area contributed by atoms with Gasteiger partial charge in [0.25, 0.3) is 0 Å². The third kappa shape index (κ3) is 11.9. The normalized spacial score (nSPS) is 13.1. The van der Waals surface area contributed by atoms with E-state index >= 15 is 0 Å². The number of fused-ring (bicyclic) bond motifs is 1. The Bertz CT molecular complexity index is 1770. The van der Waals surface area contributed by atoms with Gasteiger partial charge in [-0.1, -0.05) is 71.3 Å². The molecule has 0 saturated heterocycles. The number of halogens is 2. The molecule has 0 amide bonds. The van der Waals surface area contributed by atoms with E-state index in [1.54, 1.807) is 10.6 Å². The Morgan fingerprint density at radius 3 is 2.32 bits per heavy atom. The smallest absolute Gasteiger partial charge is 0.354 e. The first-order valence-corrected chi connectivity index (χ1v) is 17.6. The molecule has 9 N–H and O–H groups in total. The third-order valence-electron chi connectivity index (χ3n) is 8.35. The second-order valence-corrected chi connectivity index (χ2v) is 15.4. The lowest BCUT2D eigenvalue weighted by Crippen LogP contribution is -2.26. The zero-order valence-electron chi connectivity index (χ0n) is 30.6. The molecule has 0 radical (unpaired) electrons. The molecule has 10 nitrogen and oxygen atoms in total. The number of aromatic nitrogens is 3. The Morgan fingerprint density at radius 2 is 1.74 bits per heavy atom. The number of nitrogens with one attached hydrogen (secondary N) is 2. The molecule has 0 aliphatic rings. The fourth-order valence-electron chi connectivity index (χ4n) is 5.49. The maximum atomic E-state index is 14.0. The molecule has 0 spiro atoms. The van der Waals surface area contributed by atoms with Crippen molar-refractivity contribution in [2.45, 2.75) is 103 Å². The van der Waals surface area contributed by atoms with Gasteiger partial charge in [-0.05, 0) is 91.9 Å². The SMILES string of the molecule is CC(C)(C)c1cc2cn(-c3ccc([C@@H](CCO)NCCCN=C(N)N)cc3)c(=O)nc2[nH]1.C[C@H](N)CCCc1cc(Cl)c(F)c(C(C)(C)C)c1. The quantitative estimate of drug-likeness (QED) is 0.0550. The summed E-state index contributed by atoms with van der Waals surface area (Å²) in [6, 6.07) is 13.6.